The summed E-state index contributed by atoms with van der Waals surface area (Å²) < 4.78 is 1.27. The summed E-state index contributed by atoms with van der Waals surface area (Å²) >= 11 is 1.82. The Labute approximate surface area is 148 Å². The Morgan fingerprint density at radius 3 is 3.08 bits per heavy atom. The molecule has 0 bridgehead atoms. The predicted octanol–water partition coefficient (Wildman–Crippen LogP) is 2.37. The largest absolute Gasteiger partial charge is 0.351 e. The molecule has 1 aliphatic heterocycles. The van der Waals surface area contributed by atoms with Crippen LogP contribution in [0.1, 0.15) is 50.0 Å². The Kier molecular flexibility index (Phi) is 6.21. The maximum Gasteiger partial charge on any atom is 0.275 e. The second-order valence-corrected chi connectivity index (χ2v) is 7.86. The fourth-order valence-corrected chi connectivity index (χ4v) is 4.58. The van der Waals surface area contributed by atoms with Crippen molar-refractivity contribution in [1.82, 2.24) is 10.3 Å². The molecule has 4 nitrogen and oxygen atoms in total. The smallest absolute Gasteiger partial charge is 0.275 e. The third-order valence-corrected chi connectivity index (χ3v) is 5.99. The molecule has 2 aromatic rings. The van der Waals surface area contributed by atoms with Crippen molar-refractivity contribution in [3.8, 4) is 0 Å². The van der Waals surface area contributed by atoms with Gasteiger partial charge in [-0.2, -0.15) is 0 Å². The number of rotatable bonds is 7. The van der Waals surface area contributed by atoms with Crippen LogP contribution in [0.2, 0.25) is 0 Å². The van der Waals surface area contributed by atoms with Crippen LogP contribution in [0.15, 0.2) is 24.3 Å². The number of nitrogens with one attached hydrogen (secondary N) is 2. The number of quaternary nitrogens is 1. The molecule has 0 aliphatic carbocycles. The molecular weight excluding hydrogens is 318 g/mol. The molecule has 1 aromatic heterocycles. The van der Waals surface area contributed by atoms with Gasteiger partial charge in [0.2, 0.25) is 0 Å². The lowest BCUT2D eigenvalue weighted by molar-refractivity contribution is -0.898. The first-order valence-electron chi connectivity index (χ1n) is 9.22. The van der Waals surface area contributed by atoms with Crippen LogP contribution in [0.25, 0.3) is 10.2 Å². The lowest BCUT2D eigenvalue weighted by Gasteiger charge is -2.28. The summed E-state index contributed by atoms with van der Waals surface area (Å²) in [6, 6.07) is 8.36. The molecule has 1 aromatic carbocycles. The number of unbranched alkanes of at least 4 members (excludes halogenated alkanes) is 2. The second kappa shape index (κ2) is 8.58. The first-order chi connectivity index (χ1) is 11.8. The number of fused-ring (bicyclic) bond motifs is 1. The fourth-order valence-electron chi connectivity index (χ4n) is 3.48. The van der Waals surface area contributed by atoms with Crippen LogP contribution in [0.3, 0.4) is 0 Å². The van der Waals surface area contributed by atoms with Gasteiger partial charge in [0.15, 0.2) is 6.54 Å². The van der Waals surface area contributed by atoms with Crippen molar-refractivity contribution in [2.45, 2.75) is 44.9 Å². The number of thiazole rings is 1. The van der Waals surface area contributed by atoms with Gasteiger partial charge in [-0.05, 0) is 31.4 Å². The van der Waals surface area contributed by atoms with E-state index in [1.54, 1.807) is 0 Å². The zero-order valence-electron chi connectivity index (χ0n) is 14.5. The zero-order chi connectivity index (χ0) is 16.8. The molecule has 5 heteroatoms. The first kappa shape index (κ1) is 17.4. The number of piperidine rings is 1. The molecular formula is C19H28N3OS+. The van der Waals surface area contributed by atoms with Crippen LogP contribution in [0, 0.1) is 0 Å². The number of nitrogens with zero attached hydrogens (tertiary/aromatic N) is 1. The third-order valence-electron chi connectivity index (χ3n) is 4.79. The first-order valence-corrected chi connectivity index (χ1v) is 10.0. The Hall–Kier alpha value is -1.46. The summed E-state index contributed by atoms with van der Waals surface area (Å²) in [5.41, 5.74) is 1.11. The molecule has 24 heavy (non-hydrogen) atoms. The van der Waals surface area contributed by atoms with Crippen molar-refractivity contribution < 1.29 is 9.69 Å². The van der Waals surface area contributed by atoms with Gasteiger partial charge in [0.25, 0.3) is 5.91 Å². The van der Waals surface area contributed by atoms with Crippen molar-refractivity contribution in [3.05, 3.63) is 29.3 Å². The molecule has 2 heterocycles. The average molecular weight is 347 g/mol. The molecule has 1 amide bonds. The molecule has 0 spiro atoms. The molecule has 1 saturated heterocycles. The Balaban J connectivity index is 1.53. The summed E-state index contributed by atoms with van der Waals surface area (Å²) in [6.45, 7) is 5.74. The predicted molar refractivity (Wildman–Crippen MR) is 99.7 cm³/mol. The zero-order valence-corrected chi connectivity index (χ0v) is 15.3. The number of carbonyl (C=O) groups is 1. The lowest BCUT2D eigenvalue weighted by atomic mass is 9.99. The second-order valence-electron chi connectivity index (χ2n) is 6.80. The van der Waals surface area contributed by atoms with Gasteiger partial charge in [0, 0.05) is 6.54 Å². The minimum Gasteiger partial charge on any atom is -0.351 e. The third kappa shape index (κ3) is 4.54. The maximum absolute atomic E-state index is 12.1. The van der Waals surface area contributed by atoms with E-state index in [-0.39, 0.29) is 5.91 Å². The number of amides is 1. The van der Waals surface area contributed by atoms with E-state index in [0.717, 1.165) is 31.6 Å². The summed E-state index contributed by atoms with van der Waals surface area (Å²) in [7, 11) is 0. The minimum absolute atomic E-state index is 0.200. The number of aromatic nitrogens is 1. The van der Waals surface area contributed by atoms with Gasteiger partial charge in [-0.15, -0.1) is 11.3 Å². The summed E-state index contributed by atoms with van der Waals surface area (Å²) in [5.74, 6) is 0.699. The summed E-state index contributed by atoms with van der Waals surface area (Å²) in [5, 5.41) is 4.32. The van der Waals surface area contributed by atoms with Crippen LogP contribution in [0.5, 0.6) is 0 Å². The molecule has 2 N–H and O–H groups in total. The van der Waals surface area contributed by atoms with Crippen molar-refractivity contribution in [2.75, 3.05) is 26.2 Å². The Morgan fingerprint density at radius 2 is 2.25 bits per heavy atom. The van der Waals surface area contributed by atoms with Crippen molar-refractivity contribution in [1.29, 1.82) is 0 Å². The van der Waals surface area contributed by atoms with Crippen LogP contribution in [-0.2, 0) is 4.79 Å². The van der Waals surface area contributed by atoms with E-state index in [0.29, 0.717) is 12.5 Å². The molecule has 2 atom stereocenters. The maximum atomic E-state index is 12.1. The van der Waals surface area contributed by atoms with Crippen LogP contribution in [0.4, 0.5) is 0 Å². The highest BCUT2D eigenvalue weighted by Crippen LogP contribution is 2.30. The van der Waals surface area contributed by atoms with E-state index >= 15 is 0 Å². The number of hydrogen-bond donors (Lipinski definition) is 2. The van der Waals surface area contributed by atoms with Gasteiger partial charge in [-0.1, -0.05) is 31.9 Å². The highest BCUT2D eigenvalue weighted by atomic mass is 32.1. The van der Waals surface area contributed by atoms with E-state index in [1.165, 1.54) is 40.3 Å². The summed E-state index contributed by atoms with van der Waals surface area (Å²) in [4.78, 5) is 18.3. The molecule has 1 fully saturated rings. The minimum atomic E-state index is 0.200. The Bertz CT molecular complexity index is 636. The van der Waals surface area contributed by atoms with Gasteiger partial charge in [-0.25, -0.2) is 4.98 Å². The van der Waals surface area contributed by atoms with Gasteiger partial charge in [0.1, 0.15) is 5.01 Å². The number of para-hydroxylation sites is 1. The van der Waals surface area contributed by atoms with Gasteiger partial charge in [-0.3, -0.25) is 4.79 Å². The van der Waals surface area contributed by atoms with E-state index < -0.39 is 0 Å². The normalized spacial score (nSPS) is 21.0. The number of likely N-dealkylation sites (tertiary alicyclic amines) is 1. The number of carbonyl (C=O) groups excluding carboxylic acids is 1. The number of hydrogen-bond acceptors (Lipinski definition) is 3. The van der Waals surface area contributed by atoms with Gasteiger partial charge < -0.3 is 10.2 Å². The average Bonchev–Trinajstić information content (AvgIpc) is 3.03. The standard InChI is InChI=1S/C19H27N3OS/c1-2-3-6-11-20-18(23)14-22-12-7-8-15(13-22)19-21-16-9-4-5-10-17(16)24-19/h4-5,9-10,15H,2-3,6-8,11-14H2,1H3,(H,20,23)/p+1/t15-/m0/s1. The van der Waals surface area contributed by atoms with E-state index in [2.05, 4.69) is 30.4 Å². The molecule has 0 radical (unpaired) electrons. The molecule has 1 unspecified atom stereocenters. The Morgan fingerprint density at radius 1 is 1.38 bits per heavy atom. The van der Waals surface area contributed by atoms with E-state index in [4.69, 9.17) is 4.98 Å². The van der Waals surface area contributed by atoms with Gasteiger partial charge >= 0.3 is 0 Å². The SMILES string of the molecule is CCCCCNC(=O)C[NH+]1CCC[C@H](c2nc3ccccc3s2)C1. The van der Waals surface area contributed by atoms with Crippen LogP contribution in [-0.4, -0.2) is 37.1 Å². The van der Waals surface area contributed by atoms with Crippen LogP contribution < -0.4 is 10.2 Å². The molecule has 1 aliphatic rings. The van der Waals surface area contributed by atoms with Crippen molar-refractivity contribution in [2.24, 2.45) is 0 Å². The molecule has 130 valence electrons. The highest BCUT2D eigenvalue weighted by molar-refractivity contribution is 7.18. The topological polar surface area (TPSA) is 46.4 Å². The molecule has 3 rings (SSSR count). The van der Waals surface area contributed by atoms with Crippen LogP contribution >= 0.6 is 11.3 Å². The van der Waals surface area contributed by atoms with E-state index in [1.807, 2.05) is 17.4 Å². The fraction of sp³-hybridized carbons (Fsp3) is 0.579. The van der Waals surface area contributed by atoms with Crippen molar-refractivity contribution in [3.63, 3.8) is 0 Å². The molecule has 0 saturated carbocycles. The van der Waals surface area contributed by atoms with E-state index in [9.17, 15) is 4.79 Å². The number of benzene rings is 1. The summed E-state index contributed by atoms with van der Waals surface area (Å²) in [6.07, 6.45) is 5.85. The highest BCUT2D eigenvalue weighted by Gasteiger charge is 2.28. The lowest BCUT2D eigenvalue weighted by Crippen LogP contribution is -3.14. The van der Waals surface area contributed by atoms with Gasteiger partial charge in [0.05, 0.1) is 29.2 Å². The quantitative estimate of drug-likeness (QED) is 0.756. The monoisotopic (exact) mass is 346 g/mol. The van der Waals surface area contributed by atoms with Crippen molar-refractivity contribution >= 4 is 27.5 Å².